The molecule has 3 aromatic carbocycles. The Morgan fingerprint density at radius 1 is 0.926 bits per heavy atom. The van der Waals surface area contributed by atoms with Crippen LogP contribution in [0.2, 0.25) is 0 Å². The number of aromatic nitrogens is 2. The smallest absolute Gasteiger partial charge is 0.142 e. The van der Waals surface area contributed by atoms with Gasteiger partial charge >= 0.3 is 0 Å². The molecule has 0 aliphatic rings. The van der Waals surface area contributed by atoms with Crippen LogP contribution < -0.4 is 4.74 Å². The van der Waals surface area contributed by atoms with Gasteiger partial charge in [-0.3, -0.25) is 0 Å². The number of methoxy groups -OCH3 is 2. The van der Waals surface area contributed by atoms with E-state index in [9.17, 15) is 5.11 Å². The van der Waals surface area contributed by atoms with Crippen molar-refractivity contribution in [2.75, 3.05) is 14.2 Å². The largest absolute Gasteiger partial charge is 0.508 e. The molecule has 0 spiro atoms. The fourth-order valence-corrected chi connectivity index (χ4v) is 3.29. The van der Waals surface area contributed by atoms with E-state index in [4.69, 9.17) is 9.47 Å². The second kappa shape index (κ2) is 7.13. The number of phenolic OH excluding ortho intramolecular Hbond substituents is 1. The third-order valence-electron chi connectivity index (χ3n) is 4.59. The summed E-state index contributed by atoms with van der Waals surface area (Å²) in [5.74, 6) is 1.40. The van der Waals surface area contributed by atoms with Crippen molar-refractivity contribution < 1.29 is 14.6 Å². The Morgan fingerprint density at radius 3 is 2.48 bits per heavy atom. The van der Waals surface area contributed by atoms with Crippen LogP contribution in [-0.4, -0.2) is 29.3 Å². The molecular weight excluding hydrogens is 340 g/mol. The third kappa shape index (κ3) is 3.25. The molecule has 0 saturated heterocycles. The molecule has 0 saturated carbocycles. The molecule has 136 valence electrons. The van der Waals surface area contributed by atoms with Crippen molar-refractivity contribution in [3.8, 4) is 22.9 Å². The van der Waals surface area contributed by atoms with Gasteiger partial charge in [-0.15, -0.1) is 0 Å². The number of nitrogens with one attached hydrogen (secondary N) is 1. The van der Waals surface area contributed by atoms with E-state index >= 15 is 0 Å². The molecule has 5 heteroatoms. The predicted molar refractivity (Wildman–Crippen MR) is 105 cm³/mol. The first-order chi connectivity index (χ1) is 13.2. The lowest BCUT2D eigenvalue weighted by Crippen LogP contribution is -2.03. The zero-order valence-corrected chi connectivity index (χ0v) is 15.1. The molecule has 0 radical (unpaired) electrons. The van der Waals surface area contributed by atoms with E-state index in [2.05, 4.69) is 28.2 Å². The van der Waals surface area contributed by atoms with E-state index < -0.39 is 0 Å². The van der Waals surface area contributed by atoms with Gasteiger partial charge < -0.3 is 19.6 Å². The highest BCUT2D eigenvalue weighted by atomic mass is 16.5. The number of imidazole rings is 1. The van der Waals surface area contributed by atoms with Crippen LogP contribution in [-0.2, 0) is 4.74 Å². The summed E-state index contributed by atoms with van der Waals surface area (Å²) in [6, 6.07) is 21.2. The fourth-order valence-electron chi connectivity index (χ4n) is 3.29. The summed E-state index contributed by atoms with van der Waals surface area (Å²) >= 11 is 0. The van der Waals surface area contributed by atoms with Crippen LogP contribution >= 0.6 is 0 Å². The minimum atomic E-state index is -0.148. The molecule has 0 fully saturated rings. The molecular formula is C22H20N2O3. The number of nitrogens with zero attached hydrogens (tertiary/aromatic N) is 1. The molecule has 1 atom stereocenters. The molecule has 0 amide bonds. The van der Waals surface area contributed by atoms with Crippen LogP contribution in [0, 0.1) is 0 Å². The lowest BCUT2D eigenvalue weighted by Gasteiger charge is -2.16. The Hall–Kier alpha value is -3.31. The number of fused-ring (bicyclic) bond motifs is 1. The molecule has 0 bridgehead atoms. The van der Waals surface area contributed by atoms with E-state index in [-0.39, 0.29) is 11.9 Å². The van der Waals surface area contributed by atoms with Crippen molar-refractivity contribution in [1.29, 1.82) is 0 Å². The zero-order valence-electron chi connectivity index (χ0n) is 15.1. The molecule has 4 aromatic rings. The Balaban J connectivity index is 1.76. The van der Waals surface area contributed by atoms with E-state index in [1.54, 1.807) is 32.4 Å². The van der Waals surface area contributed by atoms with Gasteiger partial charge in [0.2, 0.25) is 0 Å². The van der Waals surface area contributed by atoms with Crippen LogP contribution in [0.5, 0.6) is 11.5 Å². The summed E-state index contributed by atoms with van der Waals surface area (Å²) in [5.41, 5.74) is 4.70. The minimum Gasteiger partial charge on any atom is -0.508 e. The second-order valence-corrected chi connectivity index (χ2v) is 6.27. The number of benzene rings is 3. The van der Waals surface area contributed by atoms with E-state index in [0.29, 0.717) is 11.6 Å². The Bertz CT molecular complexity index is 1070. The highest BCUT2D eigenvalue weighted by molar-refractivity contribution is 5.81. The SMILES string of the molecule is COc1cc(O)ccc1-c1nc2ccc(C(OC)c3ccccc3)cc2[nH]1. The molecule has 1 heterocycles. The molecule has 0 aliphatic heterocycles. The summed E-state index contributed by atoms with van der Waals surface area (Å²) < 4.78 is 11.1. The average Bonchev–Trinajstić information content (AvgIpc) is 3.12. The maximum Gasteiger partial charge on any atom is 0.142 e. The highest BCUT2D eigenvalue weighted by Crippen LogP contribution is 2.33. The van der Waals surface area contributed by atoms with Crippen LogP contribution in [0.25, 0.3) is 22.4 Å². The minimum absolute atomic E-state index is 0.148. The van der Waals surface area contributed by atoms with Crippen LogP contribution in [0.4, 0.5) is 0 Å². The summed E-state index contributed by atoms with van der Waals surface area (Å²) in [5, 5.41) is 9.66. The van der Waals surface area contributed by atoms with Gasteiger partial charge in [-0.25, -0.2) is 4.98 Å². The molecule has 27 heavy (non-hydrogen) atoms. The molecule has 4 rings (SSSR count). The first-order valence-electron chi connectivity index (χ1n) is 8.64. The standard InChI is InChI=1S/C22H20N2O3/c1-26-20-13-16(25)9-10-17(20)22-23-18-11-8-15(12-19(18)24-22)21(27-2)14-6-4-3-5-7-14/h3-13,21,25H,1-2H3,(H,23,24). The van der Waals surface area contributed by atoms with Crippen LogP contribution in [0.15, 0.2) is 66.7 Å². The summed E-state index contributed by atoms with van der Waals surface area (Å²) in [6.07, 6.45) is -0.148. The number of hydrogen-bond donors (Lipinski definition) is 2. The van der Waals surface area contributed by atoms with Crippen molar-refractivity contribution in [3.05, 3.63) is 77.9 Å². The van der Waals surface area contributed by atoms with Crippen LogP contribution in [0.3, 0.4) is 0 Å². The molecule has 1 aromatic heterocycles. The second-order valence-electron chi connectivity index (χ2n) is 6.27. The topological polar surface area (TPSA) is 67.4 Å². The third-order valence-corrected chi connectivity index (χ3v) is 4.59. The van der Waals surface area contributed by atoms with Crippen molar-refractivity contribution in [2.24, 2.45) is 0 Å². The molecule has 0 aliphatic carbocycles. The summed E-state index contributed by atoms with van der Waals surface area (Å²) in [7, 11) is 3.28. The summed E-state index contributed by atoms with van der Waals surface area (Å²) in [6.45, 7) is 0. The maximum absolute atomic E-state index is 9.66. The van der Waals surface area contributed by atoms with Crippen molar-refractivity contribution in [3.63, 3.8) is 0 Å². The van der Waals surface area contributed by atoms with Crippen molar-refractivity contribution in [2.45, 2.75) is 6.10 Å². The van der Waals surface area contributed by atoms with Crippen molar-refractivity contribution >= 4 is 11.0 Å². The maximum atomic E-state index is 9.66. The van der Waals surface area contributed by atoms with Gasteiger partial charge in [0.05, 0.1) is 23.7 Å². The van der Waals surface area contributed by atoms with Gasteiger partial charge in [0.15, 0.2) is 0 Å². The highest BCUT2D eigenvalue weighted by Gasteiger charge is 2.16. The first kappa shape index (κ1) is 17.1. The van der Waals surface area contributed by atoms with Crippen LogP contribution in [0.1, 0.15) is 17.2 Å². The first-order valence-corrected chi connectivity index (χ1v) is 8.64. The number of rotatable bonds is 5. The van der Waals surface area contributed by atoms with Crippen molar-refractivity contribution in [1.82, 2.24) is 9.97 Å². The van der Waals surface area contributed by atoms with Gasteiger partial charge in [0, 0.05) is 13.2 Å². The van der Waals surface area contributed by atoms with E-state index in [1.165, 1.54) is 0 Å². The van der Waals surface area contributed by atoms with Gasteiger partial charge in [-0.05, 0) is 35.4 Å². The Kier molecular flexibility index (Phi) is 4.52. The number of phenols is 1. The molecule has 5 nitrogen and oxygen atoms in total. The van der Waals surface area contributed by atoms with Gasteiger partial charge in [-0.1, -0.05) is 36.4 Å². The lowest BCUT2D eigenvalue weighted by molar-refractivity contribution is 0.136. The number of ether oxygens (including phenoxy) is 2. The number of aromatic hydroxyl groups is 1. The fraction of sp³-hybridized carbons (Fsp3) is 0.136. The van der Waals surface area contributed by atoms with E-state index in [0.717, 1.165) is 27.7 Å². The van der Waals surface area contributed by atoms with Gasteiger partial charge in [0.1, 0.15) is 23.4 Å². The lowest BCUT2D eigenvalue weighted by atomic mass is 10.0. The molecule has 1 unspecified atom stereocenters. The average molecular weight is 360 g/mol. The monoisotopic (exact) mass is 360 g/mol. The number of aromatic amines is 1. The normalized spacial score (nSPS) is 12.2. The Labute approximate surface area is 157 Å². The number of hydrogen-bond acceptors (Lipinski definition) is 4. The Morgan fingerprint density at radius 2 is 1.74 bits per heavy atom. The number of H-pyrrole nitrogens is 1. The summed E-state index contributed by atoms with van der Waals surface area (Å²) in [4.78, 5) is 8.01. The zero-order chi connectivity index (χ0) is 18.8. The predicted octanol–water partition coefficient (Wildman–Crippen LogP) is 4.68. The molecule has 2 N–H and O–H groups in total. The van der Waals surface area contributed by atoms with Gasteiger partial charge in [-0.2, -0.15) is 0 Å². The quantitative estimate of drug-likeness (QED) is 0.542. The van der Waals surface area contributed by atoms with Gasteiger partial charge in [0.25, 0.3) is 0 Å². The van der Waals surface area contributed by atoms with E-state index in [1.807, 2.05) is 30.3 Å².